The first kappa shape index (κ1) is 18.4. The van der Waals surface area contributed by atoms with Gasteiger partial charge in [-0.05, 0) is 25.8 Å². The molecule has 0 aliphatic rings. The number of carbonyl (C=O) groups is 1. The quantitative estimate of drug-likeness (QED) is 0.547. The highest BCUT2D eigenvalue weighted by atomic mass is 35.7. The summed E-state index contributed by atoms with van der Waals surface area (Å²) in [6.07, 6.45) is 2.86. The lowest BCUT2D eigenvalue weighted by Gasteiger charge is -2.04. The van der Waals surface area contributed by atoms with Crippen LogP contribution in [0.1, 0.15) is 40.7 Å². The summed E-state index contributed by atoms with van der Waals surface area (Å²) >= 11 is 1.12. The van der Waals surface area contributed by atoms with E-state index in [0.29, 0.717) is 22.9 Å². The number of nitrogens with one attached hydrogen (secondary N) is 1. The maximum absolute atomic E-state index is 11.9. The van der Waals surface area contributed by atoms with Crippen LogP contribution in [0.2, 0.25) is 0 Å². The third-order valence-corrected chi connectivity index (χ3v) is 5.38. The van der Waals surface area contributed by atoms with Crippen molar-refractivity contribution in [3.05, 3.63) is 15.8 Å². The van der Waals surface area contributed by atoms with Crippen LogP contribution in [0.15, 0.2) is 11.0 Å². The molecular weight excluding hydrogens is 334 g/mol. The van der Waals surface area contributed by atoms with E-state index in [1.807, 2.05) is 0 Å². The monoisotopic (exact) mass is 353 g/mol. The lowest BCUT2D eigenvalue weighted by Crippen LogP contribution is -2.24. The van der Waals surface area contributed by atoms with Crippen LogP contribution < -0.4 is 5.32 Å². The molecule has 0 saturated heterocycles. The molecule has 1 aromatic rings. The number of hydrogen-bond acceptors (Lipinski definition) is 5. The van der Waals surface area contributed by atoms with Crippen LogP contribution in [0, 0.1) is 6.92 Å². The van der Waals surface area contributed by atoms with Crippen molar-refractivity contribution in [2.45, 2.75) is 38.0 Å². The number of thiophene rings is 1. The van der Waals surface area contributed by atoms with Crippen molar-refractivity contribution >= 4 is 37.0 Å². The molecule has 8 heteroatoms. The van der Waals surface area contributed by atoms with Crippen molar-refractivity contribution < 1.29 is 17.9 Å². The van der Waals surface area contributed by atoms with E-state index in [1.54, 1.807) is 6.92 Å². The number of rotatable bonds is 9. The maximum atomic E-state index is 11.9. The molecule has 1 N–H and O–H groups in total. The minimum Gasteiger partial charge on any atom is -0.381 e. The number of carbonyl (C=O) groups excluding carboxylic acids is 1. The zero-order valence-electron chi connectivity index (χ0n) is 12.1. The van der Waals surface area contributed by atoms with Crippen LogP contribution in [0.25, 0.3) is 0 Å². The Bertz CT molecular complexity index is 569. The second-order valence-corrected chi connectivity index (χ2v) is 8.33. The van der Waals surface area contributed by atoms with Gasteiger partial charge < -0.3 is 10.1 Å². The first-order valence-electron chi connectivity index (χ1n) is 6.77. The number of amides is 1. The Morgan fingerprint density at radius 3 is 2.62 bits per heavy atom. The van der Waals surface area contributed by atoms with Gasteiger partial charge in [0.1, 0.15) is 0 Å². The average Bonchev–Trinajstić information content (AvgIpc) is 2.79. The Hall–Kier alpha value is -0.630. The Labute approximate surface area is 134 Å². The fourth-order valence-electron chi connectivity index (χ4n) is 1.63. The molecule has 5 nitrogen and oxygen atoms in total. The second kappa shape index (κ2) is 8.73. The number of halogens is 1. The van der Waals surface area contributed by atoms with E-state index in [1.165, 1.54) is 6.07 Å². The van der Waals surface area contributed by atoms with E-state index < -0.39 is 9.05 Å². The smallest absolute Gasteiger partial charge is 0.262 e. The molecule has 0 bridgehead atoms. The van der Waals surface area contributed by atoms with E-state index in [-0.39, 0.29) is 10.8 Å². The third kappa shape index (κ3) is 6.34. The van der Waals surface area contributed by atoms with Gasteiger partial charge in [0.05, 0.1) is 9.77 Å². The summed E-state index contributed by atoms with van der Waals surface area (Å²) in [5.74, 6) is -0.289. The third-order valence-electron chi connectivity index (χ3n) is 2.75. The molecule has 0 aliphatic carbocycles. The van der Waals surface area contributed by atoms with Crippen molar-refractivity contribution in [3.8, 4) is 0 Å². The molecule has 0 aliphatic heterocycles. The van der Waals surface area contributed by atoms with Gasteiger partial charge in [-0.1, -0.05) is 13.3 Å². The molecule has 0 saturated carbocycles. The zero-order valence-corrected chi connectivity index (χ0v) is 14.5. The Morgan fingerprint density at radius 2 is 2.05 bits per heavy atom. The normalized spacial score (nSPS) is 11.6. The summed E-state index contributed by atoms with van der Waals surface area (Å²) in [5, 5.41) is 2.74. The predicted octanol–water partition coefficient (Wildman–Crippen LogP) is 2.92. The van der Waals surface area contributed by atoms with Crippen molar-refractivity contribution in [3.63, 3.8) is 0 Å². The largest absolute Gasteiger partial charge is 0.381 e. The van der Waals surface area contributed by atoms with Crippen molar-refractivity contribution in [1.29, 1.82) is 0 Å². The molecule has 0 atom stereocenters. The van der Waals surface area contributed by atoms with Crippen LogP contribution in [0.4, 0.5) is 0 Å². The highest BCUT2D eigenvalue weighted by Crippen LogP contribution is 2.28. The second-order valence-electron chi connectivity index (χ2n) is 4.54. The van der Waals surface area contributed by atoms with E-state index in [4.69, 9.17) is 15.4 Å². The number of unbranched alkanes of at least 4 members (excludes halogenated alkanes) is 1. The molecule has 0 aromatic carbocycles. The molecule has 0 radical (unpaired) electrons. The first-order chi connectivity index (χ1) is 9.86. The SMILES string of the molecule is CCCCOCCCNC(=O)c1cc(S(=O)(=O)Cl)c(C)s1. The van der Waals surface area contributed by atoms with Crippen LogP contribution in [0.3, 0.4) is 0 Å². The molecule has 0 unspecified atom stereocenters. The Morgan fingerprint density at radius 1 is 1.38 bits per heavy atom. The summed E-state index contributed by atoms with van der Waals surface area (Å²) in [4.78, 5) is 12.8. The van der Waals surface area contributed by atoms with Crippen LogP contribution >= 0.6 is 22.0 Å². The average molecular weight is 354 g/mol. The Balaban J connectivity index is 2.40. The molecule has 0 spiro atoms. The van der Waals surface area contributed by atoms with Crippen LogP contribution in [-0.2, 0) is 13.8 Å². The van der Waals surface area contributed by atoms with E-state index in [0.717, 1.165) is 37.2 Å². The predicted molar refractivity (Wildman–Crippen MR) is 84.8 cm³/mol. The summed E-state index contributed by atoms with van der Waals surface area (Å²) in [5.41, 5.74) is 0. The highest BCUT2D eigenvalue weighted by molar-refractivity contribution is 8.13. The highest BCUT2D eigenvalue weighted by Gasteiger charge is 2.20. The number of hydrogen-bond donors (Lipinski definition) is 1. The van der Waals surface area contributed by atoms with Gasteiger partial charge in [-0.2, -0.15) is 0 Å². The topological polar surface area (TPSA) is 72.5 Å². The zero-order chi connectivity index (χ0) is 15.9. The van der Waals surface area contributed by atoms with Gasteiger partial charge in [-0.25, -0.2) is 8.42 Å². The van der Waals surface area contributed by atoms with Gasteiger partial charge in [0.15, 0.2) is 0 Å². The molecule has 1 amide bonds. The number of ether oxygens (including phenoxy) is 1. The summed E-state index contributed by atoms with van der Waals surface area (Å²) in [6, 6.07) is 1.31. The van der Waals surface area contributed by atoms with Gasteiger partial charge in [0.2, 0.25) is 0 Å². The molecule has 21 heavy (non-hydrogen) atoms. The molecular formula is C13H20ClNO4S2. The first-order valence-corrected chi connectivity index (χ1v) is 9.90. The van der Waals surface area contributed by atoms with E-state index >= 15 is 0 Å². The molecule has 1 rings (SSSR count). The van der Waals surface area contributed by atoms with Gasteiger partial charge in [0, 0.05) is 35.3 Å². The number of aryl methyl sites for hydroxylation is 1. The van der Waals surface area contributed by atoms with Crippen molar-refractivity contribution in [2.75, 3.05) is 19.8 Å². The molecule has 120 valence electrons. The van der Waals surface area contributed by atoms with Crippen LogP contribution in [-0.4, -0.2) is 34.1 Å². The molecule has 0 fully saturated rings. The Kier molecular flexibility index (Phi) is 7.65. The fourth-order valence-corrected chi connectivity index (χ4v) is 4.21. The van der Waals surface area contributed by atoms with Gasteiger partial charge in [0.25, 0.3) is 15.0 Å². The minimum absolute atomic E-state index is 0.00205. The van der Waals surface area contributed by atoms with Crippen molar-refractivity contribution in [1.82, 2.24) is 5.32 Å². The van der Waals surface area contributed by atoms with E-state index in [2.05, 4.69) is 12.2 Å². The van der Waals surface area contributed by atoms with Gasteiger partial charge in [-0.15, -0.1) is 11.3 Å². The summed E-state index contributed by atoms with van der Waals surface area (Å²) in [7, 11) is 1.50. The standard InChI is InChI=1S/C13H20ClNO4S2/c1-3-4-7-19-8-5-6-15-13(16)11-9-12(10(2)20-11)21(14,17)18/h9H,3-8H2,1-2H3,(H,15,16). The fraction of sp³-hybridized carbons (Fsp3) is 0.615. The summed E-state index contributed by atoms with van der Waals surface area (Å²) < 4.78 is 28.0. The van der Waals surface area contributed by atoms with Crippen LogP contribution in [0.5, 0.6) is 0 Å². The minimum atomic E-state index is -3.80. The lowest BCUT2D eigenvalue weighted by molar-refractivity contribution is 0.0944. The van der Waals surface area contributed by atoms with Crippen molar-refractivity contribution in [2.24, 2.45) is 0 Å². The molecule has 1 heterocycles. The summed E-state index contributed by atoms with van der Waals surface area (Å²) in [6.45, 7) is 5.56. The van der Waals surface area contributed by atoms with Gasteiger partial charge >= 0.3 is 0 Å². The maximum Gasteiger partial charge on any atom is 0.262 e. The lowest BCUT2D eigenvalue weighted by atomic mass is 10.3. The van der Waals surface area contributed by atoms with E-state index in [9.17, 15) is 13.2 Å². The molecule has 1 aromatic heterocycles. The van der Waals surface area contributed by atoms with Gasteiger partial charge in [-0.3, -0.25) is 4.79 Å².